The first-order valence-electron chi connectivity index (χ1n) is 17.7. The lowest BCUT2D eigenvalue weighted by Crippen LogP contribution is -2.29. The Morgan fingerprint density at radius 1 is 0.735 bits per heavy atom. The SMILES string of the molecule is COCCC1=C(/C=C/C2=C(Cl)C(=C/C=C3/N(CCOC)c4ccc5ccccc5c4C3(C)C)CCC2)C(C)(C)c2c1ccc1ccccc21. The number of halogens is 1. The number of anilines is 1. The van der Waals surface area contributed by atoms with Crippen LogP contribution in [0.2, 0.25) is 0 Å². The third-order valence-corrected chi connectivity index (χ3v) is 11.5. The van der Waals surface area contributed by atoms with Crippen LogP contribution in [-0.4, -0.2) is 34.0 Å². The van der Waals surface area contributed by atoms with Crippen molar-refractivity contribution in [3.05, 3.63) is 141 Å². The first-order valence-corrected chi connectivity index (χ1v) is 18.1. The van der Waals surface area contributed by atoms with Gasteiger partial charge in [-0.2, -0.15) is 0 Å². The van der Waals surface area contributed by atoms with Crippen LogP contribution in [-0.2, 0) is 20.3 Å². The summed E-state index contributed by atoms with van der Waals surface area (Å²) < 4.78 is 11.2. The van der Waals surface area contributed by atoms with Crippen LogP contribution in [0.25, 0.3) is 27.1 Å². The van der Waals surface area contributed by atoms with Crippen LogP contribution in [0.15, 0.2) is 125 Å². The number of ether oxygens (including phenoxy) is 2. The summed E-state index contributed by atoms with van der Waals surface area (Å²) in [4.78, 5) is 2.45. The van der Waals surface area contributed by atoms with E-state index in [2.05, 4.69) is 130 Å². The molecule has 0 unspecified atom stereocenters. The molecule has 49 heavy (non-hydrogen) atoms. The van der Waals surface area contributed by atoms with Crippen LogP contribution in [0.5, 0.6) is 0 Å². The molecule has 3 nitrogen and oxygen atoms in total. The zero-order valence-corrected chi connectivity index (χ0v) is 30.6. The van der Waals surface area contributed by atoms with Gasteiger partial charge in [0.25, 0.3) is 0 Å². The average molecular weight is 670 g/mol. The highest BCUT2D eigenvalue weighted by molar-refractivity contribution is 6.32. The molecule has 0 fully saturated rings. The molecule has 3 aliphatic rings. The van der Waals surface area contributed by atoms with Crippen molar-refractivity contribution in [2.24, 2.45) is 0 Å². The van der Waals surface area contributed by atoms with Crippen molar-refractivity contribution in [3.63, 3.8) is 0 Å². The summed E-state index contributed by atoms with van der Waals surface area (Å²) in [6.07, 6.45) is 13.2. The van der Waals surface area contributed by atoms with Crippen molar-refractivity contribution in [2.45, 2.75) is 64.2 Å². The molecule has 7 rings (SSSR count). The highest BCUT2D eigenvalue weighted by Gasteiger charge is 2.41. The standard InChI is InChI=1S/C45H48ClNO2/c1-44(2)38(36(26-28-48-5)37-22-18-30-12-7-9-16-34(30)41(37)44)23-19-32-14-11-15-33(43(32)46)21-25-40-45(3,4)42-35-17-10-8-13-31(35)20-24-39(42)47(40)27-29-49-6/h7-10,12-13,16-25H,11,14-15,26-29H2,1-6H3/b23-19+,33-21?,40-25+. The van der Waals surface area contributed by atoms with Crippen LogP contribution >= 0.6 is 11.6 Å². The maximum absolute atomic E-state index is 7.30. The molecule has 0 saturated heterocycles. The topological polar surface area (TPSA) is 21.7 Å². The molecule has 0 atom stereocenters. The third kappa shape index (κ3) is 5.80. The molecule has 1 aliphatic heterocycles. The van der Waals surface area contributed by atoms with E-state index in [1.165, 1.54) is 71.9 Å². The summed E-state index contributed by atoms with van der Waals surface area (Å²) in [5, 5.41) is 6.10. The first kappa shape index (κ1) is 33.6. The summed E-state index contributed by atoms with van der Waals surface area (Å²) in [6, 6.07) is 26.6. The largest absolute Gasteiger partial charge is 0.384 e. The highest BCUT2D eigenvalue weighted by Crippen LogP contribution is 2.52. The second-order valence-electron chi connectivity index (χ2n) is 14.7. The normalized spacial score (nSPS) is 20.1. The van der Waals surface area contributed by atoms with Gasteiger partial charge in [0.2, 0.25) is 0 Å². The van der Waals surface area contributed by atoms with Gasteiger partial charge < -0.3 is 14.4 Å². The maximum atomic E-state index is 7.30. The molecular formula is C45H48ClNO2. The van der Waals surface area contributed by atoms with E-state index in [1.807, 2.05) is 0 Å². The Bertz CT molecular complexity index is 2090. The van der Waals surface area contributed by atoms with Crippen LogP contribution < -0.4 is 4.90 Å². The van der Waals surface area contributed by atoms with Gasteiger partial charge in [-0.1, -0.05) is 124 Å². The van der Waals surface area contributed by atoms with Gasteiger partial charge >= 0.3 is 0 Å². The van der Waals surface area contributed by atoms with E-state index in [9.17, 15) is 0 Å². The van der Waals surface area contributed by atoms with Gasteiger partial charge in [-0.05, 0) is 98.4 Å². The second-order valence-corrected chi connectivity index (χ2v) is 15.1. The Morgan fingerprint density at radius 3 is 2.12 bits per heavy atom. The minimum absolute atomic E-state index is 0.139. The minimum Gasteiger partial charge on any atom is -0.384 e. The Kier molecular flexibility index (Phi) is 9.21. The van der Waals surface area contributed by atoms with E-state index in [4.69, 9.17) is 21.1 Å². The molecule has 4 aromatic rings. The number of benzene rings is 4. The number of rotatable bonds is 9. The Morgan fingerprint density at radius 2 is 1.41 bits per heavy atom. The quantitative estimate of drug-likeness (QED) is 0.177. The van der Waals surface area contributed by atoms with Gasteiger partial charge in [-0.3, -0.25) is 0 Å². The monoisotopic (exact) mass is 669 g/mol. The molecule has 0 spiro atoms. The fraction of sp³-hybridized carbons (Fsp3) is 0.333. The number of allylic oxidation sites excluding steroid dienone is 9. The van der Waals surface area contributed by atoms with Gasteiger partial charge in [-0.25, -0.2) is 0 Å². The van der Waals surface area contributed by atoms with Gasteiger partial charge in [0.1, 0.15) is 0 Å². The summed E-state index contributed by atoms with van der Waals surface area (Å²) in [7, 11) is 3.57. The molecular weight excluding hydrogens is 622 g/mol. The smallest absolute Gasteiger partial charge is 0.0642 e. The summed E-state index contributed by atoms with van der Waals surface area (Å²) >= 11 is 7.30. The minimum atomic E-state index is -0.174. The summed E-state index contributed by atoms with van der Waals surface area (Å²) in [5.74, 6) is 0. The van der Waals surface area contributed by atoms with Crippen LogP contribution in [0.3, 0.4) is 0 Å². The maximum Gasteiger partial charge on any atom is 0.0642 e. The van der Waals surface area contributed by atoms with E-state index >= 15 is 0 Å². The van der Waals surface area contributed by atoms with E-state index in [-0.39, 0.29) is 10.8 Å². The van der Waals surface area contributed by atoms with Crippen LogP contribution in [0, 0.1) is 0 Å². The predicted octanol–water partition coefficient (Wildman–Crippen LogP) is 11.6. The lowest BCUT2D eigenvalue weighted by Gasteiger charge is -2.27. The average Bonchev–Trinajstić information content (AvgIpc) is 3.46. The fourth-order valence-corrected chi connectivity index (χ4v) is 8.98. The molecule has 0 amide bonds. The molecule has 1 heterocycles. The van der Waals surface area contributed by atoms with E-state index in [1.54, 1.807) is 14.2 Å². The lowest BCUT2D eigenvalue weighted by molar-refractivity contribution is 0.206. The summed E-state index contributed by atoms with van der Waals surface area (Å²) in [6.45, 7) is 11.6. The number of methoxy groups -OCH3 is 2. The van der Waals surface area contributed by atoms with E-state index in [0.29, 0.717) is 13.2 Å². The fourth-order valence-electron chi connectivity index (χ4n) is 8.67. The molecule has 0 radical (unpaired) electrons. The van der Waals surface area contributed by atoms with Crippen molar-refractivity contribution >= 4 is 44.4 Å². The molecule has 0 aromatic heterocycles. The van der Waals surface area contributed by atoms with Crippen molar-refractivity contribution in [2.75, 3.05) is 38.9 Å². The van der Waals surface area contributed by atoms with Gasteiger partial charge in [0.05, 0.1) is 13.2 Å². The molecule has 4 aromatic carbocycles. The van der Waals surface area contributed by atoms with E-state index in [0.717, 1.165) is 37.3 Å². The lowest BCUT2D eigenvalue weighted by atomic mass is 9.78. The molecule has 252 valence electrons. The molecule has 0 N–H and O–H groups in total. The molecule has 0 bridgehead atoms. The highest BCUT2D eigenvalue weighted by atomic mass is 35.5. The zero-order valence-electron chi connectivity index (χ0n) is 29.8. The Balaban J connectivity index is 1.26. The Labute approximate surface area is 297 Å². The van der Waals surface area contributed by atoms with Gasteiger partial charge in [0, 0.05) is 48.0 Å². The second kappa shape index (κ2) is 13.4. The van der Waals surface area contributed by atoms with Crippen molar-refractivity contribution < 1.29 is 9.47 Å². The molecule has 4 heteroatoms. The predicted molar refractivity (Wildman–Crippen MR) is 209 cm³/mol. The van der Waals surface area contributed by atoms with Crippen LogP contribution in [0.1, 0.15) is 70.1 Å². The third-order valence-electron chi connectivity index (χ3n) is 11.1. The van der Waals surface area contributed by atoms with Crippen molar-refractivity contribution in [3.8, 4) is 0 Å². The molecule has 2 aliphatic carbocycles. The first-order chi connectivity index (χ1) is 23.7. The van der Waals surface area contributed by atoms with E-state index < -0.39 is 0 Å². The van der Waals surface area contributed by atoms with Crippen LogP contribution in [0.4, 0.5) is 5.69 Å². The zero-order chi connectivity index (χ0) is 34.3. The molecule has 0 saturated carbocycles. The van der Waals surface area contributed by atoms with Crippen molar-refractivity contribution in [1.82, 2.24) is 0 Å². The Hall–Kier alpha value is -3.89. The number of nitrogens with zero attached hydrogens (tertiary/aromatic N) is 1. The van der Waals surface area contributed by atoms with Crippen molar-refractivity contribution in [1.29, 1.82) is 0 Å². The van der Waals surface area contributed by atoms with Gasteiger partial charge in [-0.15, -0.1) is 0 Å². The summed E-state index contributed by atoms with van der Waals surface area (Å²) in [5.41, 5.74) is 11.5. The number of hydrogen-bond acceptors (Lipinski definition) is 3. The number of fused-ring (bicyclic) bond motifs is 6. The number of hydrogen-bond donors (Lipinski definition) is 0. The van der Waals surface area contributed by atoms with Gasteiger partial charge in [0.15, 0.2) is 0 Å².